The summed E-state index contributed by atoms with van der Waals surface area (Å²) in [5.41, 5.74) is 2.41. The van der Waals surface area contributed by atoms with E-state index < -0.39 is 10.8 Å². The molecule has 0 bridgehead atoms. The average Bonchev–Trinajstić information content (AvgIpc) is 2.71. The zero-order valence-corrected chi connectivity index (χ0v) is 18.3. The van der Waals surface area contributed by atoms with Crippen LogP contribution in [0.15, 0.2) is 77.7 Å². The van der Waals surface area contributed by atoms with Crippen molar-refractivity contribution in [2.45, 2.75) is 10.9 Å². The van der Waals surface area contributed by atoms with E-state index in [-0.39, 0.29) is 12.1 Å². The van der Waals surface area contributed by atoms with Gasteiger partial charge in [0, 0.05) is 44.7 Å². The number of nitrogens with zero attached hydrogens (tertiary/aromatic N) is 1. The van der Waals surface area contributed by atoms with Crippen molar-refractivity contribution in [2.75, 3.05) is 18.6 Å². The normalized spacial score (nSPS) is 11.9. The van der Waals surface area contributed by atoms with E-state index in [1.807, 2.05) is 24.3 Å². The molecule has 0 saturated heterocycles. The Bertz CT molecular complexity index is 978. The summed E-state index contributed by atoms with van der Waals surface area (Å²) in [6.45, 7) is 0. The molecular formula is C22H20Cl2N2O2S. The van der Waals surface area contributed by atoms with Crippen molar-refractivity contribution in [3.8, 4) is 0 Å². The van der Waals surface area contributed by atoms with E-state index in [9.17, 15) is 9.00 Å². The van der Waals surface area contributed by atoms with Gasteiger partial charge in [0.1, 0.15) is 0 Å². The van der Waals surface area contributed by atoms with Crippen LogP contribution in [-0.2, 0) is 10.8 Å². The monoisotopic (exact) mass is 446 g/mol. The molecule has 0 aliphatic carbocycles. The summed E-state index contributed by atoms with van der Waals surface area (Å²) in [5, 5.41) is 4.13. The first-order chi connectivity index (χ1) is 13.8. The Morgan fingerprint density at radius 3 is 1.93 bits per heavy atom. The fraction of sp³-hybridized carbons (Fsp3) is 0.136. The van der Waals surface area contributed by atoms with Gasteiger partial charge in [0.05, 0.1) is 6.04 Å². The lowest BCUT2D eigenvalue weighted by Crippen LogP contribution is -2.35. The summed E-state index contributed by atoms with van der Waals surface area (Å²) in [7, 11) is 0.600. The first-order valence-electron chi connectivity index (χ1n) is 8.83. The SMILES string of the molecule is CN(C(=O)Nc1cccc(S(C)=O)c1)C(c1ccc(Cl)cc1)c1ccc(Cl)cc1. The lowest BCUT2D eigenvalue weighted by Gasteiger charge is -2.29. The van der Waals surface area contributed by atoms with Gasteiger partial charge in [0.2, 0.25) is 0 Å². The Hall–Kier alpha value is -2.34. The van der Waals surface area contributed by atoms with Crippen LogP contribution in [0.5, 0.6) is 0 Å². The van der Waals surface area contributed by atoms with Gasteiger partial charge in [0.15, 0.2) is 0 Å². The second kappa shape index (κ2) is 9.44. The largest absolute Gasteiger partial charge is 0.322 e. The first-order valence-corrected chi connectivity index (χ1v) is 11.1. The summed E-state index contributed by atoms with van der Waals surface area (Å²) in [5.74, 6) is 0. The molecule has 3 aromatic carbocycles. The number of anilines is 1. The minimum Gasteiger partial charge on any atom is -0.316 e. The summed E-state index contributed by atoms with van der Waals surface area (Å²) < 4.78 is 11.7. The van der Waals surface area contributed by atoms with Gasteiger partial charge in [-0.25, -0.2) is 4.79 Å². The Morgan fingerprint density at radius 1 is 0.931 bits per heavy atom. The van der Waals surface area contributed by atoms with Gasteiger partial charge in [-0.1, -0.05) is 53.5 Å². The summed E-state index contributed by atoms with van der Waals surface area (Å²) in [4.78, 5) is 15.3. The Labute approximate surface area is 182 Å². The fourth-order valence-corrected chi connectivity index (χ4v) is 3.83. The molecule has 0 aliphatic heterocycles. The zero-order chi connectivity index (χ0) is 21.0. The van der Waals surface area contributed by atoms with Gasteiger partial charge < -0.3 is 10.2 Å². The minimum atomic E-state index is -1.13. The van der Waals surface area contributed by atoms with Crippen LogP contribution in [0.2, 0.25) is 10.0 Å². The van der Waals surface area contributed by atoms with E-state index in [1.54, 1.807) is 66.7 Å². The lowest BCUT2D eigenvalue weighted by atomic mass is 9.97. The predicted octanol–water partition coefficient (Wildman–Crippen LogP) is 5.98. The Balaban J connectivity index is 1.91. The van der Waals surface area contributed by atoms with Crippen LogP contribution < -0.4 is 5.32 Å². The van der Waals surface area contributed by atoms with E-state index >= 15 is 0 Å². The number of nitrogens with one attached hydrogen (secondary N) is 1. The number of benzene rings is 3. The molecule has 2 amide bonds. The molecule has 0 saturated carbocycles. The molecule has 1 atom stereocenters. The van der Waals surface area contributed by atoms with Crippen molar-refractivity contribution >= 4 is 45.7 Å². The van der Waals surface area contributed by atoms with Crippen LogP contribution in [0.1, 0.15) is 17.2 Å². The molecule has 0 radical (unpaired) electrons. The highest BCUT2D eigenvalue weighted by atomic mass is 35.5. The highest BCUT2D eigenvalue weighted by molar-refractivity contribution is 7.84. The number of amides is 2. The number of carbonyl (C=O) groups excluding carboxylic acids is 1. The maximum atomic E-state index is 13.0. The number of hydrogen-bond donors (Lipinski definition) is 1. The van der Waals surface area contributed by atoms with Crippen LogP contribution in [0.3, 0.4) is 0 Å². The molecule has 3 rings (SSSR count). The topological polar surface area (TPSA) is 49.4 Å². The standard InChI is InChI=1S/C22H20Cl2N2O2S/c1-26(22(27)25-19-4-3-5-20(14-19)29(2)28)21(15-6-10-17(23)11-7-15)16-8-12-18(24)13-9-16/h3-14,21H,1-2H3,(H,25,27). The highest BCUT2D eigenvalue weighted by Crippen LogP contribution is 2.30. The van der Waals surface area contributed by atoms with Gasteiger partial charge in [-0.05, 0) is 53.6 Å². The number of urea groups is 1. The average molecular weight is 447 g/mol. The number of halogens is 2. The van der Waals surface area contributed by atoms with Crippen molar-refractivity contribution in [1.29, 1.82) is 0 Å². The van der Waals surface area contributed by atoms with Crippen LogP contribution in [0.4, 0.5) is 10.5 Å². The van der Waals surface area contributed by atoms with Crippen molar-refractivity contribution in [3.63, 3.8) is 0 Å². The molecule has 0 aliphatic rings. The third-order valence-electron chi connectivity index (χ3n) is 4.50. The number of rotatable bonds is 5. The van der Waals surface area contributed by atoms with Crippen LogP contribution >= 0.6 is 23.2 Å². The molecule has 0 aromatic heterocycles. The summed E-state index contributed by atoms with van der Waals surface area (Å²) >= 11 is 12.1. The molecule has 3 aromatic rings. The molecule has 150 valence electrons. The summed E-state index contributed by atoms with van der Waals surface area (Å²) in [6.07, 6.45) is 1.60. The molecule has 0 heterocycles. The van der Waals surface area contributed by atoms with E-state index in [2.05, 4.69) is 5.32 Å². The van der Waals surface area contributed by atoms with Crippen molar-refractivity contribution in [3.05, 3.63) is 94.0 Å². The Kier molecular flexibility index (Phi) is 6.96. The number of carbonyl (C=O) groups is 1. The van der Waals surface area contributed by atoms with Crippen molar-refractivity contribution in [1.82, 2.24) is 4.90 Å². The molecule has 4 nitrogen and oxygen atoms in total. The molecule has 1 unspecified atom stereocenters. The fourth-order valence-electron chi connectivity index (χ4n) is 3.01. The second-order valence-electron chi connectivity index (χ2n) is 6.53. The van der Waals surface area contributed by atoms with Crippen LogP contribution in [0.25, 0.3) is 0 Å². The zero-order valence-electron chi connectivity index (χ0n) is 15.9. The van der Waals surface area contributed by atoms with E-state index in [0.717, 1.165) is 11.1 Å². The quantitative estimate of drug-likeness (QED) is 0.523. The highest BCUT2D eigenvalue weighted by Gasteiger charge is 2.24. The number of hydrogen-bond acceptors (Lipinski definition) is 2. The van der Waals surface area contributed by atoms with E-state index in [4.69, 9.17) is 23.2 Å². The third kappa shape index (κ3) is 5.38. The van der Waals surface area contributed by atoms with Gasteiger partial charge in [0.25, 0.3) is 0 Å². The van der Waals surface area contributed by atoms with Gasteiger partial charge in [-0.15, -0.1) is 0 Å². The van der Waals surface area contributed by atoms with E-state index in [0.29, 0.717) is 20.6 Å². The van der Waals surface area contributed by atoms with Crippen molar-refractivity contribution < 1.29 is 9.00 Å². The van der Waals surface area contributed by atoms with Crippen LogP contribution in [-0.4, -0.2) is 28.4 Å². The smallest absolute Gasteiger partial charge is 0.316 e. The molecule has 7 heteroatoms. The summed E-state index contributed by atoms with van der Waals surface area (Å²) in [6, 6.07) is 21.1. The Morgan fingerprint density at radius 2 is 1.45 bits per heavy atom. The second-order valence-corrected chi connectivity index (χ2v) is 8.78. The van der Waals surface area contributed by atoms with Gasteiger partial charge in [-0.3, -0.25) is 4.21 Å². The molecule has 1 N–H and O–H groups in total. The van der Waals surface area contributed by atoms with Gasteiger partial charge in [-0.2, -0.15) is 0 Å². The first kappa shape index (κ1) is 21.4. The molecule has 0 fully saturated rings. The maximum Gasteiger partial charge on any atom is 0.322 e. The third-order valence-corrected chi connectivity index (χ3v) is 5.92. The maximum absolute atomic E-state index is 13.0. The molecule has 29 heavy (non-hydrogen) atoms. The van der Waals surface area contributed by atoms with E-state index in [1.165, 1.54) is 0 Å². The minimum absolute atomic E-state index is 0.293. The van der Waals surface area contributed by atoms with Crippen LogP contribution in [0, 0.1) is 0 Å². The molecule has 0 spiro atoms. The van der Waals surface area contributed by atoms with Crippen molar-refractivity contribution in [2.24, 2.45) is 0 Å². The predicted molar refractivity (Wildman–Crippen MR) is 120 cm³/mol. The van der Waals surface area contributed by atoms with Gasteiger partial charge >= 0.3 is 6.03 Å². The lowest BCUT2D eigenvalue weighted by molar-refractivity contribution is 0.212. The molecular weight excluding hydrogens is 427 g/mol.